The molecule has 0 aliphatic heterocycles. The molecule has 2 rings (SSSR count). The lowest BCUT2D eigenvalue weighted by Crippen LogP contribution is -2.14. The Balaban J connectivity index is 2.45. The molecule has 0 atom stereocenters. The number of nitrogens with two attached hydrogens (primary N) is 2. The SMILES string of the molecule is Nc1cc2ncn(OCCO)c2cc1N. The number of rotatable bonds is 3. The molecule has 1 aromatic carbocycles. The summed E-state index contributed by atoms with van der Waals surface area (Å²) in [5.74, 6) is 0. The first-order valence-electron chi connectivity index (χ1n) is 4.48. The van der Waals surface area contributed by atoms with E-state index in [1.807, 2.05) is 0 Å². The number of aromatic nitrogens is 2. The van der Waals surface area contributed by atoms with Gasteiger partial charge in [-0.2, -0.15) is 4.73 Å². The molecule has 15 heavy (non-hydrogen) atoms. The molecule has 0 unspecified atom stereocenters. The zero-order chi connectivity index (χ0) is 10.8. The van der Waals surface area contributed by atoms with Gasteiger partial charge in [0.15, 0.2) is 0 Å². The Morgan fingerprint density at radius 2 is 2.07 bits per heavy atom. The number of aliphatic hydroxyl groups excluding tert-OH is 1. The molecule has 0 bridgehead atoms. The van der Waals surface area contributed by atoms with Crippen molar-refractivity contribution in [2.24, 2.45) is 0 Å². The third-order valence-corrected chi connectivity index (χ3v) is 2.04. The second kappa shape index (κ2) is 3.66. The number of benzene rings is 1. The van der Waals surface area contributed by atoms with Gasteiger partial charge in [-0.1, -0.05) is 0 Å². The Kier molecular flexibility index (Phi) is 2.34. The van der Waals surface area contributed by atoms with Crippen molar-refractivity contribution in [2.75, 3.05) is 24.7 Å². The van der Waals surface area contributed by atoms with Crippen molar-refractivity contribution in [3.63, 3.8) is 0 Å². The number of nitrogens with zero attached hydrogens (tertiary/aromatic N) is 2. The van der Waals surface area contributed by atoms with Crippen molar-refractivity contribution in [1.82, 2.24) is 9.71 Å². The minimum absolute atomic E-state index is 0.0515. The molecular formula is C9H12N4O2. The number of anilines is 2. The first kappa shape index (κ1) is 9.60. The highest BCUT2D eigenvalue weighted by molar-refractivity contribution is 5.85. The lowest BCUT2D eigenvalue weighted by molar-refractivity contribution is 0.0822. The summed E-state index contributed by atoms with van der Waals surface area (Å²) in [7, 11) is 0. The number of aliphatic hydroxyl groups is 1. The molecule has 6 heteroatoms. The summed E-state index contributed by atoms with van der Waals surface area (Å²) in [6, 6.07) is 3.37. The van der Waals surface area contributed by atoms with Crippen LogP contribution in [-0.4, -0.2) is 28.0 Å². The zero-order valence-corrected chi connectivity index (χ0v) is 8.05. The zero-order valence-electron chi connectivity index (χ0n) is 8.05. The van der Waals surface area contributed by atoms with E-state index in [1.165, 1.54) is 11.1 Å². The minimum Gasteiger partial charge on any atom is -0.410 e. The summed E-state index contributed by atoms with van der Waals surface area (Å²) in [6.07, 6.45) is 1.51. The average molecular weight is 208 g/mol. The Hall–Kier alpha value is -1.95. The highest BCUT2D eigenvalue weighted by atomic mass is 16.7. The van der Waals surface area contributed by atoms with E-state index < -0.39 is 0 Å². The topological polar surface area (TPSA) is 99.3 Å². The van der Waals surface area contributed by atoms with Gasteiger partial charge in [0.2, 0.25) is 0 Å². The summed E-state index contributed by atoms with van der Waals surface area (Å²) in [4.78, 5) is 9.31. The molecule has 1 heterocycles. The van der Waals surface area contributed by atoms with E-state index >= 15 is 0 Å². The van der Waals surface area contributed by atoms with Crippen LogP contribution in [0.3, 0.4) is 0 Å². The van der Waals surface area contributed by atoms with Crippen LogP contribution in [0.4, 0.5) is 11.4 Å². The Labute approximate surface area is 86.0 Å². The van der Waals surface area contributed by atoms with Gasteiger partial charge in [-0.25, -0.2) is 4.98 Å². The molecule has 0 fully saturated rings. The van der Waals surface area contributed by atoms with Crippen LogP contribution in [-0.2, 0) is 0 Å². The fourth-order valence-electron chi connectivity index (χ4n) is 1.31. The van der Waals surface area contributed by atoms with Crippen molar-refractivity contribution in [3.05, 3.63) is 18.5 Å². The van der Waals surface area contributed by atoms with Gasteiger partial charge in [0.05, 0.1) is 23.5 Å². The number of nitrogen functional groups attached to an aromatic ring is 2. The van der Waals surface area contributed by atoms with Crippen LogP contribution >= 0.6 is 0 Å². The van der Waals surface area contributed by atoms with Crippen molar-refractivity contribution < 1.29 is 9.94 Å². The van der Waals surface area contributed by atoms with Crippen molar-refractivity contribution in [2.45, 2.75) is 0 Å². The number of hydrogen-bond acceptors (Lipinski definition) is 5. The lowest BCUT2D eigenvalue weighted by Gasteiger charge is -2.06. The Morgan fingerprint density at radius 3 is 2.80 bits per heavy atom. The van der Waals surface area contributed by atoms with Gasteiger partial charge in [0, 0.05) is 0 Å². The fourth-order valence-corrected chi connectivity index (χ4v) is 1.31. The van der Waals surface area contributed by atoms with Gasteiger partial charge in [-0.05, 0) is 12.1 Å². The van der Waals surface area contributed by atoms with Gasteiger partial charge >= 0.3 is 0 Å². The number of hydrogen-bond donors (Lipinski definition) is 3. The van der Waals surface area contributed by atoms with Gasteiger partial charge < -0.3 is 21.4 Å². The predicted molar refractivity (Wildman–Crippen MR) is 57.1 cm³/mol. The monoisotopic (exact) mass is 208 g/mol. The van der Waals surface area contributed by atoms with Crippen LogP contribution < -0.4 is 16.3 Å². The number of fused-ring (bicyclic) bond motifs is 1. The molecule has 0 saturated carbocycles. The quantitative estimate of drug-likeness (QED) is 0.597. The minimum atomic E-state index is -0.0515. The molecule has 1 aromatic heterocycles. The van der Waals surface area contributed by atoms with E-state index in [1.54, 1.807) is 12.1 Å². The average Bonchev–Trinajstić information content (AvgIpc) is 2.59. The van der Waals surface area contributed by atoms with Gasteiger partial charge in [-0.15, -0.1) is 0 Å². The molecule has 0 saturated heterocycles. The second-order valence-electron chi connectivity index (χ2n) is 3.10. The Bertz CT molecular complexity index is 480. The standard InChI is InChI=1S/C9H12N4O2/c10-6-3-8-9(4-7(6)11)13(5-12-8)15-2-1-14/h3-5,14H,1-2,10-11H2. The molecule has 5 N–H and O–H groups in total. The lowest BCUT2D eigenvalue weighted by atomic mass is 10.2. The van der Waals surface area contributed by atoms with E-state index in [0.29, 0.717) is 16.9 Å². The smallest absolute Gasteiger partial charge is 0.138 e. The molecule has 0 radical (unpaired) electrons. The third kappa shape index (κ3) is 1.66. The van der Waals surface area contributed by atoms with Gasteiger partial charge in [0.25, 0.3) is 0 Å². The summed E-state index contributed by atoms with van der Waals surface area (Å²) in [5, 5.41) is 8.63. The van der Waals surface area contributed by atoms with E-state index in [4.69, 9.17) is 21.4 Å². The van der Waals surface area contributed by atoms with Crippen LogP contribution in [0.15, 0.2) is 18.5 Å². The van der Waals surface area contributed by atoms with E-state index in [2.05, 4.69) is 4.98 Å². The maximum absolute atomic E-state index is 8.63. The maximum atomic E-state index is 8.63. The van der Waals surface area contributed by atoms with Crippen LogP contribution in [0.1, 0.15) is 0 Å². The largest absolute Gasteiger partial charge is 0.410 e. The third-order valence-electron chi connectivity index (χ3n) is 2.04. The van der Waals surface area contributed by atoms with Crippen molar-refractivity contribution in [3.8, 4) is 0 Å². The van der Waals surface area contributed by atoms with Crippen LogP contribution in [0.25, 0.3) is 11.0 Å². The van der Waals surface area contributed by atoms with E-state index in [0.717, 1.165) is 5.52 Å². The summed E-state index contributed by atoms with van der Waals surface area (Å²) in [5.41, 5.74) is 13.7. The first-order chi connectivity index (χ1) is 7.22. The summed E-state index contributed by atoms with van der Waals surface area (Å²) >= 11 is 0. The normalized spacial score (nSPS) is 10.7. The Morgan fingerprint density at radius 1 is 1.33 bits per heavy atom. The molecule has 80 valence electrons. The molecule has 0 amide bonds. The van der Waals surface area contributed by atoms with Crippen LogP contribution in [0.5, 0.6) is 0 Å². The molecule has 0 spiro atoms. The predicted octanol–water partition coefficient (Wildman–Crippen LogP) is -0.378. The first-order valence-corrected chi connectivity index (χ1v) is 4.48. The van der Waals surface area contributed by atoms with Gasteiger partial charge in [0.1, 0.15) is 18.5 Å². The molecular weight excluding hydrogens is 196 g/mol. The summed E-state index contributed by atoms with van der Waals surface area (Å²) in [6.45, 7) is 0.153. The highest BCUT2D eigenvalue weighted by Crippen LogP contribution is 2.22. The molecule has 0 aliphatic carbocycles. The molecule has 0 aliphatic rings. The maximum Gasteiger partial charge on any atom is 0.138 e. The van der Waals surface area contributed by atoms with E-state index in [-0.39, 0.29) is 13.2 Å². The van der Waals surface area contributed by atoms with Crippen LogP contribution in [0.2, 0.25) is 0 Å². The van der Waals surface area contributed by atoms with Crippen LogP contribution in [0, 0.1) is 0 Å². The highest BCUT2D eigenvalue weighted by Gasteiger charge is 2.06. The summed E-state index contributed by atoms with van der Waals surface area (Å²) < 4.78 is 1.46. The van der Waals surface area contributed by atoms with Crippen molar-refractivity contribution in [1.29, 1.82) is 0 Å². The second-order valence-corrected chi connectivity index (χ2v) is 3.10. The van der Waals surface area contributed by atoms with Gasteiger partial charge in [-0.3, -0.25) is 0 Å². The van der Waals surface area contributed by atoms with E-state index in [9.17, 15) is 0 Å². The number of imidazole rings is 1. The fraction of sp³-hybridized carbons (Fsp3) is 0.222. The molecule has 6 nitrogen and oxygen atoms in total. The van der Waals surface area contributed by atoms with Crippen molar-refractivity contribution >= 4 is 22.4 Å². The molecule has 2 aromatic rings.